The van der Waals surface area contributed by atoms with Crippen molar-refractivity contribution in [3.8, 4) is 0 Å². The van der Waals surface area contributed by atoms with E-state index in [1.165, 1.54) is 10.2 Å². The van der Waals surface area contributed by atoms with Crippen molar-refractivity contribution >= 4 is 5.91 Å². The molecule has 2 aliphatic heterocycles. The Morgan fingerprint density at radius 2 is 2.20 bits per heavy atom. The van der Waals surface area contributed by atoms with Crippen LogP contribution in [0.5, 0.6) is 0 Å². The van der Waals surface area contributed by atoms with Crippen LogP contribution in [0.25, 0.3) is 0 Å². The Morgan fingerprint density at radius 3 is 2.92 bits per heavy atom. The van der Waals surface area contributed by atoms with E-state index >= 15 is 0 Å². The van der Waals surface area contributed by atoms with Crippen LogP contribution in [0.2, 0.25) is 0 Å². The highest BCUT2D eigenvalue weighted by molar-refractivity contribution is 5.76. The van der Waals surface area contributed by atoms with Gasteiger partial charge in [-0.3, -0.25) is 4.79 Å². The molecule has 7 heteroatoms. The summed E-state index contributed by atoms with van der Waals surface area (Å²) in [5.41, 5.74) is 1.33. The summed E-state index contributed by atoms with van der Waals surface area (Å²) >= 11 is 0. The lowest BCUT2D eigenvalue weighted by Gasteiger charge is -2.26. The highest BCUT2D eigenvalue weighted by Gasteiger charge is 2.53. The van der Waals surface area contributed by atoms with Gasteiger partial charge in [0.05, 0.1) is 18.8 Å². The van der Waals surface area contributed by atoms with Gasteiger partial charge in [0.1, 0.15) is 18.2 Å². The van der Waals surface area contributed by atoms with Gasteiger partial charge in [-0.15, -0.1) is 5.10 Å². The van der Waals surface area contributed by atoms with Crippen molar-refractivity contribution in [2.45, 2.75) is 37.5 Å². The highest BCUT2D eigenvalue weighted by Crippen LogP contribution is 2.42. The zero-order valence-electron chi connectivity index (χ0n) is 14.2. The summed E-state index contributed by atoms with van der Waals surface area (Å²) in [6.45, 7) is 3.26. The zero-order valence-corrected chi connectivity index (χ0v) is 14.2. The third-order valence-corrected chi connectivity index (χ3v) is 5.20. The minimum absolute atomic E-state index is 0.0763. The fourth-order valence-electron chi connectivity index (χ4n) is 3.85. The maximum absolute atomic E-state index is 12.5. The molecule has 2 saturated heterocycles. The van der Waals surface area contributed by atoms with E-state index in [4.69, 9.17) is 4.74 Å². The number of ether oxygens (including phenoxy) is 1. The molecular formula is C18H22N4O3. The third-order valence-electron chi connectivity index (χ3n) is 5.20. The van der Waals surface area contributed by atoms with E-state index in [0.717, 1.165) is 12.1 Å². The molecule has 0 radical (unpaired) electrons. The largest absolute Gasteiger partial charge is 0.388 e. The SMILES string of the molecule is Cc1cn(CC(=O)N2C[C@@H](O)[C@@]3(C[C@H](c4ccccc4)CO3)C2)nn1. The van der Waals surface area contributed by atoms with E-state index < -0.39 is 11.7 Å². The first kappa shape index (κ1) is 16.2. The van der Waals surface area contributed by atoms with E-state index in [0.29, 0.717) is 19.7 Å². The molecule has 2 aromatic rings. The average Bonchev–Trinajstić information content (AvgIpc) is 3.30. The predicted octanol–water partition coefficient (Wildman–Crippen LogP) is 0.733. The van der Waals surface area contributed by atoms with Gasteiger partial charge in [0.15, 0.2) is 0 Å². The second-order valence-electron chi connectivity index (χ2n) is 7.04. The highest BCUT2D eigenvalue weighted by atomic mass is 16.5. The lowest BCUT2D eigenvalue weighted by atomic mass is 9.87. The zero-order chi connectivity index (χ0) is 17.4. The first-order chi connectivity index (χ1) is 12.1. The first-order valence-electron chi connectivity index (χ1n) is 8.57. The molecular weight excluding hydrogens is 320 g/mol. The van der Waals surface area contributed by atoms with Crippen molar-refractivity contribution in [2.75, 3.05) is 19.7 Å². The molecule has 1 spiro atoms. The summed E-state index contributed by atoms with van der Waals surface area (Å²) in [5, 5.41) is 18.4. The predicted molar refractivity (Wildman–Crippen MR) is 89.8 cm³/mol. The fourth-order valence-corrected chi connectivity index (χ4v) is 3.85. The maximum Gasteiger partial charge on any atom is 0.244 e. The van der Waals surface area contributed by atoms with Gasteiger partial charge in [-0.2, -0.15) is 0 Å². The minimum atomic E-state index is -0.664. The van der Waals surface area contributed by atoms with Crippen molar-refractivity contribution < 1.29 is 14.6 Å². The molecule has 7 nitrogen and oxygen atoms in total. The van der Waals surface area contributed by atoms with Crippen molar-refractivity contribution in [3.05, 3.63) is 47.8 Å². The van der Waals surface area contributed by atoms with Gasteiger partial charge in [-0.1, -0.05) is 35.5 Å². The monoisotopic (exact) mass is 342 g/mol. The maximum atomic E-state index is 12.5. The van der Waals surface area contributed by atoms with E-state index in [2.05, 4.69) is 22.4 Å². The van der Waals surface area contributed by atoms with Gasteiger partial charge < -0.3 is 14.7 Å². The number of carbonyl (C=O) groups excluding carboxylic acids is 1. The number of hydrogen-bond acceptors (Lipinski definition) is 5. The Kier molecular flexibility index (Phi) is 4.05. The van der Waals surface area contributed by atoms with Crippen LogP contribution in [-0.2, 0) is 16.1 Å². The number of β-amino-alcohol motifs (C(OH)–C–C–N with tert-alkyl or cyclic N) is 1. The van der Waals surface area contributed by atoms with Gasteiger partial charge in [0.25, 0.3) is 0 Å². The summed E-state index contributed by atoms with van der Waals surface area (Å²) in [4.78, 5) is 14.2. The van der Waals surface area contributed by atoms with E-state index in [1.54, 1.807) is 11.1 Å². The third kappa shape index (κ3) is 3.05. The summed E-state index contributed by atoms with van der Waals surface area (Å²) in [7, 11) is 0. The van der Waals surface area contributed by atoms with Crippen molar-refractivity contribution in [2.24, 2.45) is 0 Å². The van der Waals surface area contributed by atoms with Gasteiger partial charge >= 0.3 is 0 Å². The number of likely N-dealkylation sites (tertiary alicyclic amines) is 1. The molecule has 3 heterocycles. The molecule has 0 saturated carbocycles. The van der Waals surface area contributed by atoms with Crippen LogP contribution in [0, 0.1) is 6.92 Å². The molecule has 4 rings (SSSR count). The second-order valence-corrected chi connectivity index (χ2v) is 7.04. The Balaban J connectivity index is 1.43. The summed E-state index contributed by atoms with van der Waals surface area (Å²) < 4.78 is 7.56. The molecule has 0 unspecified atom stereocenters. The smallest absolute Gasteiger partial charge is 0.244 e. The second kappa shape index (κ2) is 6.24. The van der Waals surface area contributed by atoms with Crippen LogP contribution in [0.3, 0.4) is 0 Å². The Labute approximate surface area is 146 Å². The van der Waals surface area contributed by atoms with Crippen molar-refractivity contribution in [1.82, 2.24) is 19.9 Å². The number of amides is 1. The van der Waals surface area contributed by atoms with Crippen LogP contribution in [-0.4, -0.2) is 62.3 Å². The van der Waals surface area contributed by atoms with E-state index in [-0.39, 0.29) is 18.4 Å². The average molecular weight is 342 g/mol. The summed E-state index contributed by atoms with van der Waals surface area (Å²) in [6.07, 6.45) is 1.80. The number of carbonyl (C=O) groups is 1. The quantitative estimate of drug-likeness (QED) is 0.890. The normalized spacial score (nSPS) is 28.8. The molecule has 2 fully saturated rings. The Morgan fingerprint density at radius 1 is 1.40 bits per heavy atom. The van der Waals surface area contributed by atoms with Gasteiger partial charge in [-0.25, -0.2) is 4.68 Å². The number of nitrogens with zero attached hydrogens (tertiary/aromatic N) is 4. The molecule has 2 aliphatic rings. The molecule has 0 bridgehead atoms. The molecule has 1 N–H and O–H groups in total. The van der Waals surface area contributed by atoms with Crippen LogP contribution in [0.1, 0.15) is 23.6 Å². The Hall–Kier alpha value is -2.25. The molecule has 0 aliphatic carbocycles. The lowest BCUT2D eigenvalue weighted by molar-refractivity contribution is -0.132. The number of hydrogen-bond donors (Lipinski definition) is 1. The molecule has 1 amide bonds. The fraction of sp³-hybridized carbons (Fsp3) is 0.500. The van der Waals surface area contributed by atoms with E-state index in [9.17, 15) is 9.90 Å². The number of benzene rings is 1. The number of aliphatic hydroxyl groups is 1. The Bertz CT molecular complexity index is 763. The van der Waals surface area contributed by atoms with Crippen LogP contribution >= 0.6 is 0 Å². The summed E-state index contributed by atoms with van der Waals surface area (Å²) in [5.74, 6) is 0.177. The molecule has 3 atom stereocenters. The first-order valence-corrected chi connectivity index (χ1v) is 8.57. The van der Waals surface area contributed by atoms with Crippen molar-refractivity contribution in [3.63, 3.8) is 0 Å². The molecule has 25 heavy (non-hydrogen) atoms. The van der Waals surface area contributed by atoms with Gasteiger partial charge in [0, 0.05) is 18.7 Å². The lowest BCUT2D eigenvalue weighted by Crippen LogP contribution is -2.41. The number of aliphatic hydroxyl groups excluding tert-OH is 1. The summed E-state index contributed by atoms with van der Waals surface area (Å²) in [6, 6.07) is 10.2. The number of rotatable bonds is 3. The van der Waals surface area contributed by atoms with Crippen LogP contribution < -0.4 is 0 Å². The molecule has 132 valence electrons. The topological polar surface area (TPSA) is 80.5 Å². The molecule has 1 aromatic heterocycles. The van der Waals surface area contributed by atoms with Crippen LogP contribution in [0.15, 0.2) is 36.5 Å². The molecule has 1 aromatic carbocycles. The van der Waals surface area contributed by atoms with Crippen LogP contribution in [0.4, 0.5) is 0 Å². The number of aryl methyl sites for hydroxylation is 1. The minimum Gasteiger partial charge on any atom is -0.388 e. The van der Waals surface area contributed by atoms with Gasteiger partial charge in [-0.05, 0) is 18.9 Å². The van der Waals surface area contributed by atoms with Crippen molar-refractivity contribution in [1.29, 1.82) is 0 Å². The van der Waals surface area contributed by atoms with Gasteiger partial charge in [0.2, 0.25) is 5.91 Å². The van der Waals surface area contributed by atoms with E-state index in [1.807, 2.05) is 25.1 Å². The standard InChI is InChI=1S/C18H22N4O3/c1-13-8-22(20-19-13)10-17(24)21-9-16(23)18(12-21)7-15(11-25-18)14-5-3-2-4-6-14/h2-6,8,15-16,23H,7,9-12H2,1H3/t15-,16+,18+/m0/s1. The number of aromatic nitrogens is 3.